The van der Waals surface area contributed by atoms with Crippen LogP contribution in [0.3, 0.4) is 0 Å². The second-order valence-corrected chi connectivity index (χ2v) is 8.49. The van der Waals surface area contributed by atoms with Gasteiger partial charge in [0.25, 0.3) is 0 Å². The van der Waals surface area contributed by atoms with Crippen LogP contribution in [0.4, 0.5) is 13.2 Å². The lowest BCUT2D eigenvalue weighted by Crippen LogP contribution is -2.60. The van der Waals surface area contributed by atoms with Gasteiger partial charge in [0.1, 0.15) is 5.75 Å². The van der Waals surface area contributed by atoms with Gasteiger partial charge in [-0.3, -0.25) is 14.6 Å². The van der Waals surface area contributed by atoms with Crippen molar-refractivity contribution in [3.05, 3.63) is 29.8 Å². The average Bonchev–Trinajstić information content (AvgIpc) is 2.74. The first-order chi connectivity index (χ1) is 14.8. The number of rotatable bonds is 8. The highest BCUT2D eigenvalue weighted by Crippen LogP contribution is 2.34. The third-order valence-corrected chi connectivity index (χ3v) is 6.13. The Morgan fingerprint density at radius 3 is 2.55 bits per heavy atom. The predicted octanol–water partition coefficient (Wildman–Crippen LogP) is 3.17. The molecular weight excluding hydrogens is 411 g/mol. The summed E-state index contributed by atoms with van der Waals surface area (Å²) in [5.74, 6) is -0.370. The van der Waals surface area contributed by atoms with Gasteiger partial charge in [-0.1, -0.05) is 37.5 Å². The highest BCUT2D eigenvalue weighted by Gasteiger charge is 2.39. The van der Waals surface area contributed by atoms with E-state index in [2.05, 4.69) is 15.0 Å². The molecule has 1 aromatic rings. The Morgan fingerprint density at radius 1 is 1.19 bits per heavy atom. The normalized spacial score (nSPS) is 19.9. The van der Waals surface area contributed by atoms with E-state index in [-0.39, 0.29) is 30.3 Å². The summed E-state index contributed by atoms with van der Waals surface area (Å²) in [6, 6.07) is 6.00. The molecule has 1 aromatic carbocycles. The Morgan fingerprint density at radius 2 is 1.87 bits per heavy atom. The molecule has 0 bridgehead atoms. The van der Waals surface area contributed by atoms with Crippen molar-refractivity contribution in [2.24, 2.45) is 0 Å². The van der Waals surface area contributed by atoms with Crippen LogP contribution in [0.15, 0.2) is 24.3 Å². The minimum Gasteiger partial charge on any atom is -0.405 e. The van der Waals surface area contributed by atoms with Crippen LogP contribution in [0.25, 0.3) is 0 Å². The van der Waals surface area contributed by atoms with E-state index in [0.29, 0.717) is 12.1 Å². The number of para-hydroxylation sites is 1. The van der Waals surface area contributed by atoms with Gasteiger partial charge in [0, 0.05) is 37.3 Å². The second-order valence-electron chi connectivity index (χ2n) is 8.49. The van der Waals surface area contributed by atoms with Crippen molar-refractivity contribution < 1.29 is 27.4 Å². The molecule has 6 nitrogen and oxygen atoms in total. The highest BCUT2D eigenvalue weighted by molar-refractivity contribution is 5.78. The lowest BCUT2D eigenvalue weighted by atomic mass is 9.79. The van der Waals surface area contributed by atoms with Gasteiger partial charge >= 0.3 is 6.36 Å². The summed E-state index contributed by atoms with van der Waals surface area (Å²) in [7, 11) is 1.71. The summed E-state index contributed by atoms with van der Waals surface area (Å²) in [6.07, 6.45) is 0.908. The van der Waals surface area contributed by atoms with Crippen LogP contribution in [-0.4, -0.2) is 74.0 Å². The number of hydrogen-bond acceptors (Lipinski definition) is 5. The summed E-state index contributed by atoms with van der Waals surface area (Å²) >= 11 is 0. The van der Waals surface area contributed by atoms with Gasteiger partial charge in [-0.15, -0.1) is 13.2 Å². The van der Waals surface area contributed by atoms with Crippen LogP contribution in [0.5, 0.6) is 5.75 Å². The molecule has 2 fully saturated rings. The van der Waals surface area contributed by atoms with E-state index in [9.17, 15) is 18.0 Å². The molecule has 2 aliphatic rings. The lowest BCUT2D eigenvalue weighted by molar-refractivity contribution is -0.275. The molecule has 0 spiro atoms. The number of carbonyl (C=O) groups excluding carboxylic acids is 1. The Labute approximate surface area is 181 Å². The molecule has 0 unspecified atom stereocenters. The van der Waals surface area contributed by atoms with E-state index in [1.807, 2.05) is 0 Å². The SMILES string of the molecule is CN(CC(=O)NCC1(N2CCOCC2)CCCCC1)Cc1ccccc1OC(F)(F)F. The zero-order valence-electron chi connectivity index (χ0n) is 18.0. The lowest BCUT2D eigenvalue weighted by Gasteiger charge is -2.48. The maximum absolute atomic E-state index is 12.6. The third-order valence-electron chi connectivity index (χ3n) is 6.13. The van der Waals surface area contributed by atoms with Gasteiger partial charge in [-0.05, 0) is 26.0 Å². The van der Waals surface area contributed by atoms with Crippen LogP contribution in [0.1, 0.15) is 37.7 Å². The van der Waals surface area contributed by atoms with E-state index in [0.717, 1.165) is 52.0 Å². The third kappa shape index (κ3) is 7.08. The fourth-order valence-corrected chi connectivity index (χ4v) is 4.62. The molecule has 174 valence electrons. The van der Waals surface area contributed by atoms with Crippen molar-refractivity contribution in [3.63, 3.8) is 0 Å². The standard InChI is InChI=1S/C22H32F3N3O3/c1-27(15-18-7-3-4-8-19(18)31-22(23,24)25)16-20(29)26-17-21(9-5-2-6-10-21)28-11-13-30-14-12-28/h3-4,7-8H,2,5-6,9-17H2,1H3,(H,26,29). The number of likely N-dealkylation sites (N-methyl/N-ethyl adjacent to an activating group) is 1. The molecular formula is C22H32F3N3O3. The van der Waals surface area contributed by atoms with Crippen molar-refractivity contribution in [1.29, 1.82) is 0 Å². The molecule has 1 heterocycles. The van der Waals surface area contributed by atoms with Crippen LogP contribution in [0.2, 0.25) is 0 Å². The summed E-state index contributed by atoms with van der Waals surface area (Å²) in [5.41, 5.74) is 0.357. The fraction of sp³-hybridized carbons (Fsp3) is 0.682. The maximum Gasteiger partial charge on any atom is 0.573 e. The number of amides is 1. The minimum absolute atomic E-state index is 0.0244. The zero-order valence-corrected chi connectivity index (χ0v) is 18.0. The molecule has 1 saturated heterocycles. The number of ether oxygens (including phenoxy) is 2. The molecule has 3 rings (SSSR count). The van der Waals surface area contributed by atoms with Crippen LogP contribution in [-0.2, 0) is 16.1 Å². The fourth-order valence-electron chi connectivity index (χ4n) is 4.62. The smallest absolute Gasteiger partial charge is 0.405 e. The molecule has 1 aliphatic heterocycles. The Balaban J connectivity index is 1.54. The van der Waals surface area contributed by atoms with E-state index in [1.165, 1.54) is 18.6 Å². The van der Waals surface area contributed by atoms with Gasteiger partial charge in [-0.25, -0.2) is 0 Å². The van der Waals surface area contributed by atoms with E-state index >= 15 is 0 Å². The number of halogens is 3. The monoisotopic (exact) mass is 443 g/mol. The number of carbonyl (C=O) groups is 1. The first kappa shape index (κ1) is 23.8. The van der Waals surface area contributed by atoms with Crippen LogP contribution in [0, 0.1) is 0 Å². The summed E-state index contributed by atoms with van der Waals surface area (Å²) in [4.78, 5) is 16.8. The van der Waals surface area contributed by atoms with E-state index < -0.39 is 6.36 Å². The van der Waals surface area contributed by atoms with Crippen molar-refractivity contribution in [2.45, 2.75) is 50.6 Å². The molecule has 31 heavy (non-hydrogen) atoms. The molecule has 0 aromatic heterocycles. The van der Waals surface area contributed by atoms with Crippen LogP contribution >= 0.6 is 0 Å². The zero-order chi connectivity index (χ0) is 22.3. The van der Waals surface area contributed by atoms with Crippen molar-refractivity contribution in [2.75, 3.05) is 46.4 Å². The first-order valence-electron chi connectivity index (χ1n) is 10.9. The summed E-state index contributed by atoms with van der Waals surface area (Å²) in [6.45, 7) is 4.06. The van der Waals surface area contributed by atoms with Gasteiger partial charge < -0.3 is 14.8 Å². The number of alkyl halides is 3. The Kier molecular flexibility index (Phi) is 8.18. The predicted molar refractivity (Wildman–Crippen MR) is 111 cm³/mol. The largest absolute Gasteiger partial charge is 0.573 e. The van der Waals surface area contributed by atoms with Gasteiger partial charge in [-0.2, -0.15) is 0 Å². The molecule has 9 heteroatoms. The number of benzene rings is 1. The van der Waals surface area contributed by atoms with Gasteiger partial charge in [0.2, 0.25) is 5.91 Å². The highest BCUT2D eigenvalue weighted by atomic mass is 19.4. The topological polar surface area (TPSA) is 54.0 Å². The van der Waals surface area contributed by atoms with Crippen molar-refractivity contribution >= 4 is 5.91 Å². The number of nitrogens with zero attached hydrogens (tertiary/aromatic N) is 2. The Bertz CT molecular complexity index is 717. The number of morpholine rings is 1. The van der Waals surface area contributed by atoms with Crippen LogP contribution < -0.4 is 10.1 Å². The molecule has 1 saturated carbocycles. The number of hydrogen-bond donors (Lipinski definition) is 1. The molecule has 1 aliphatic carbocycles. The average molecular weight is 444 g/mol. The van der Waals surface area contributed by atoms with Crippen molar-refractivity contribution in [3.8, 4) is 5.75 Å². The van der Waals surface area contributed by atoms with E-state index in [4.69, 9.17) is 4.74 Å². The summed E-state index contributed by atoms with van der Waals surface area (Å²) in [5, 5.41) is 3.09. The quantitative estimate of drug-likeness (QED) is 0.669. The molecule has 0 atom stereocenters. The maximum atomic E-state index is 12.6. The molecule has 1 amide bonds. The van der Waals surface area contributed by atoms with Gasteiger partial charge in [0.05, 0.1) is 19.8 Å². The second kappa shape index (κ2) is 10.7. The Hall–Kier alpha value is -1.84. The minimum atomic E-state index is -4.75. The summed E-state index contributed by atoms with van der Waals surface area (Å²) < 4.78 is 47.5. The van der Waals surface area contributed by atoms with Gasteiger partial charge in [0.15, 0.2) is 0 Å². The van der Waals surface area contributed by atoms with E-state index in [1.54, 1.807) is 24.1 Å². The van der Waals surface area contributed by atoms with Crippen molar-refractivity contribution in [1.82, 2.24) is 15.1 Å². The number of nitrogens with one attached hydrogen (secondary N) is 1. The molecule has 1 N–H and O–H groups in total. The first-order valence-corrected chi connectivity index (χ1v) is 10.9. The molecule has 0 radical (unpaired) electrons.